The lowest BCUT2D eigenvalue weighted by atomic mass is 9.95. The lowest BCUT2D eigenvalue weighted by molar-refractivity contribution is -0.138. The maximum atomic E-state index is 11.7. The molecule has 1 aromatic rings. The molecule has 0 spiro atoms. The van der Waals surface area contributed by atoms with E-state index in [1.165, 1.54) is 0 Å². The van der Waals surface area contributed by atoms with Crippen LogP contribution in [0.3, 0.4) is 0 Å². The molecule has 0 fully saturated rings. The summed E-state index contributed by atoms with van der Waals surface area (Å²) in [6.45, 7) is 5.27. The van der Waals surface area contributed by atoms with Gasteiger partial charge in [0.05, 0.1) is 5.92 Å². The van der Waals surface area contributed by atoms with E-state index >= 15 is 0 Å². The van der Waals surface area contributed by atoms with E-state index in [9.17, 15) is 9.59 Å². The summed E-state index contributed by atoms with van der Waals surface area (Å²) in [6, 6.07) is 6.85. The van der Waals surface area contributed by atoms with Gasteiger partial charge in [0.25, 0.3) is 0 Å². The zero-order valence-electron chi connectivity index (χ0n) is 9.73. The fourth-order valence-electron chi connectivity index (χ4n) is 1.44. The highest BCUT2D eigenvalue weighted by Gasteiger charge is 2.16. The van der Waals surface area contributed by atoms with Crippen molar-refractivity contribution in [2.45, 2.75) is 26.7 Å². The fraction of sp³-hybridized carbons (Fsp3) is 0.385. The number of aliphatic carboxylic acids is 1. The van der Waals surface area contributed by atoms with E-state index in [1.807, 2.05) is 13.8 Å². The summed E-state index contributed by atoms with van der Waals surface area (Å²) >= 11 is 0. The molecule has 1 aromatic carbocycles. The van der Waals surface area contributed by atoms with Crippen LogP contribution in [0.4, 0.5) is 0 Å². The Balaban J connectivity index is 3.04. The number of hydrogen-bond donors (Lipinski definition) is 1. The Morgan fingerprint density at radius 2 is 1.81 bits per heavy atom. The molecule has 0 unspecified atom stereocenters. The number of rotatable bonds is 4. The van der Waals surface area contributed by atoms with Crippen LogP contribution in [0.1, 0.15) is 42.6 Å². The average molecular weight is 220 g/mol. The van der Waals surface area contributed by atoms with E-state index in [0.717, 1.165) is 0 Å². The molecule has 0 saturated heterocycles. The monoisotopic (exact) mass is 220 g/mol. The van der Waals surface area contributed by atoms with E-state index in [2.05, 4.69) is 0 Å². The summed E-state index contributed by atoms with van der Waals surface area (Å²) in [4.78, 5) is 22.6. The number of benzene rings is 1. The second-order valence-corrected chi connectivity index (χ2v) is 4.20. The quantitative estimate of drug-likeness (QED) is 0.794. The molecule has 86 valence electrons. The van der Waals surface area contributed by atoms with Crippen molar-refractivity contribution in [2.75, 3.05) is 0 Å². The number of carbonyl (C=O) groups is 2. The van der Waals surface area contributed by atoms with E-state index < -0.39 is 11.9 Å². The van der Waals surface area contributed by atoms with Crippen molar-refractivity contribution in [3.8, 4) is 0 Å². The van der Waals surface area contributed by atoms with Crippen LogP contribution >= 0.6 is 0 Å². The molecule has 1 rings (SSSR count). The summed E-state index contributed by atoms with van der Waals surface area (Å²) in [6.07, 6.45) is 0. The molecule has 3 heteroatoms. The molecule has 1 N–H and O–H groups in total. The molecule has 1 atom stereocenters. The molecule has 0 saturated carbocycles. The lowest BCUT2D eigenvalue weighted by Gasteiger charge is -2.09. The summed E-state index contributed by atoms with van der Waals surface area (Å²) < 4.78 is 0. The van der Waals surface area contributed by atoms with Gasteiger partial charge in [-0.2, -0.15) is 0 Å². The Bertz CT molecular complexity index is 407. The molecule has 0 heterocycles. The van der Waals surface area contributed by atoms with Gasteiger partial charge in [-0.15, -0.1) is 0 Å². The summed E-state index contributed by atoms with van der Waals surface area (Å²) in [7, 11) is 0. The first-order chi connectivity index (χ1) is 7.43. The van der Waals surface area contributed by atoms with E-state index in [0.29, 0.717) is 11.1 Å². The maximum Gasteiger partial charge on any atom is 0.310 e. The van der Waals surface area contributed by atoms with Crippen LogP contribution in [-0.2, 0) is 4.79 Å². The van der Waals surface area contributed by atoms with Gasteiger partial charge in [0.15, 0.2) is 5.78 Å². The van der Waals surface area contributed by atoms with Crippen molar-refractivity contribution in [1.82, 2.24) is 0 Å². The number of carboxylic acid groups (broad SMARTS) is 1. The molecule has 0 aliphatic rings. The number of Topliss-reactive ketones (excluding diaryl/α,β-unsaturated/α-hetero) is 1. The predicted octanol–water partition coefficient (Wildman–Crippen LogP) is 2.71. The van der Waals surface area contributed by atoms with E-state index in [4.69, 9.17) is 5.11 Å². The predicted molar refractivity (Wildman–Crippen MR) is 61.7 cm³/mol. The van der Waals surface area contributed by atoms with Crippen LogP contribution in [0, 0.1) is 5.92 Å². The molecule has 0 aliphatic heterocycles. The summed E-state index contributed by atoms with van der Waals surface area (Å²) in [5, 5.41) is 8.89. The number of ketones is 1. The van der Waals surface area contributed by atoms with E-state index in [-0.39, 0.29) is 11.7 Å². The highest BCUT2D eigenvalue weighted by molar-refractivity contribution is 5.97. The fourth-order valence-corrected chi connectivity index (χ4v) is 1.44. The van der Waals surface area contributed by atoms with Crippen molar-refractivity contribution in [3.63, 3.8) is 0 Å². The zero-order valence-corrected chi connectivity index (χ0v) is 9.73. The van der Waals surface area contributed by atoms with Gasteiger partial charge in [0.2, 0.25) is 0 Å². The minimum Gasteiger partial charge on any atom is -0.481 e. The minimum atomic E-state index is -0.880. The SMILES string of the molecule is CC(C)C(=O)c1cccc([C@H](C)C(=O)O)c1. The molecular weight excluding hydrogens is 204 g/mol. The van der Waals surface area contributed by atoms with Crippen LogP contribution in [0.5, 0.6) is 0 Å². The third kappa shape index (κ3) is 2.69. The summed E-state index contributed by atoms with van der Waals surface area (Å²) in [5.41, 5.74) is 1.25. The normalized spacial score (nSPS) is 12.5. The Labute approximate surface area is 95.1 Å². The first-order valence-electron chi connectivity index (χ1n) is 5.30. The van der Waals surface area contributed by atoms with Gasteiger partial charge in [-0.25, -0.2) is 0 Å². The largest absolute Gasteiger partial charge is 0.481 e. The number of carboxylic acids is 1. The van der Waals surface area contributed by atoms with Crippen LogP contribution in [0.15, 0.2) is 24.3 Å². The standard InChI is InChI=1S/C13H16O3/c1-8(2)12(14)11-6-4-5-10(7-11)9(3)13(15)16/h4-9H,1-3H3,(H,15,16)/t9-/m0/s1. The highest BCUT2D eigenvalue weighted by atomic mass is 16.4. The van der Waals surface area contributed by atoms with Crippen LogP contribution in [0.25, 0.3) is 0 Å². The van der Waals surface area contributed by atoms with Gasteiger partial charge in [-0.05, 0) is 18.6 Å². The van der Waals surface area contributed by atoms with Gasteiger partial charge in [0.1, 0.15) is 0 Å². The highest BCUT2D eigenvalue weighted by Crippen LogP contribution is 2.18. The van der Waals surface area contributed by atoms with Crippen molar-refractivity contribution in [1.29, 1.82) is 0 Å². The molecule has 0 aromatic heterocycles. The topological polar surface area (TPSA) is 54.4 Å². The molecular formula is C13H16O3. The van der Waals surface area contributed by atoms with Crippen LogP contribution in [0.2, 0.25) is 0 Å². The molecule has 3 nitrogen and oxygen atoms in total. The van der Waals surface area contributed by atoms with Crippen LogP contribution in [-0.4, -0.2) is 16.9 Å². The third-order valence-electron chi connectivity index (χ3n) is 2.57. The Kier molecular flexibility index (Phi) is 3.82. The average Bonchev–Trinajstić information content (AvgIpc) is 2.26. The molecule has 16 heavy (non-hydrogen) atoms. The molecule has 0 amide bonds. The van der Waals surface area contributed by atoms with Crippen LogP contribution < -0.4 is 0 Å². The first kappa shape index (κ1) is 12.4. The van der Waals surface area contributed by atoms with Gasteiger partial charge < -0.3 is 5.11 Å². The number of carbonyl (C=O) groups excluding carboxylic acids is 1. The summed E-state index contributed by atoms with van der Waals surface area (Å²) in [5.74, 6) is -1.50. The molecule has 0 aliphatic carbocycles. The second kappa shape index (κ2) is 4.92. The van der Waals surface area contributed by atoms with Crippen molar-refractivity contribution >= 4 is 11.8 Å². The Morgan fingerprint density at radius 3 is 2.31 bits per heavy atom. The van der Waals surface area contributed by atoms with Gasteiger partial charge in [-0.1, -0.05) is 32.0 Å². The maximum absolute atomic E-state index is 11.7. The number of hydrogen-bond acceptors (Lipinski definition) is 2. The Hall–Kier alpha value is -1.64. The minimum absolute atomic E-state index is 0.0411. The zero-order chi connectivity index (χ0) is 12.3. The van der Waals surface area contributed by atoms with Gasteiger partial charge in [0, 0.05) is 11.5 Å². The smallest absolute Gasteiger partial charge is 0.310 e. The third-order valence-corrected chi connectivity index (χ3v) is 2.57. The van der Waals surface area contributed by atoms with Gasteiger partial charge >= 0.3 is 5.97 Å². The first-order valence-corrected chi connectivity index (χ1v) is 5.30. The van der Waals surface area contributed by atoms with Crippen molar-refractivity contribution in [3.05, 3.63) is 35.4 Å². The van der Waals surface area contributed by atoms with Crippen molar-refractivity contribution < 1.29 is 14.7 Å². The molecule has 0 bridgehead atoms. The Morgan fingerprint density at radius 1 is 1.19 bits per heavy atom. The van der Waals surface area contributed by atoms with Gasteiger partial charge in [-0.3, -0.25) is 9.59 Å². The second-order valence-electron chi connectivity index (χ2n) is 4.20. The van der Waals surface area contributed by atoms with Crippen molar-refractivity contribution in [2.24, 2.45) is 5.92 Å². The lowest BCUT2D eigenvalue weighted by Crippen LogP contribution is -2.11. The van der Waals surface area contributed by atoms with E-state index in [1.54, 1.807) is 31.2 Å². The molecule has 0 radical (unpaired) electrons.